The lowest BCUT2D eigenvalue weighted by Gasteiger charge is -2.36. The summed E-state index contributed by atoms with van der Waals surface area (Å²) in [6.07, 6.45) is 1.12. The van der Waals surface area contributed by atoms with E-state index in [0.717, 1.165) is 17.6 Å². The molecule has 0 N–H and O–H groups in total. The van der Waals surface area contributed by atoms with E-state index in [-0.39, 0.29) is 35.3 Å². The molecule has 1 aliphatic carbocycles. The average Bonchev–Trinajstić information content (AvgIpc) is 3.68. The predicted molar refractivity (Wildman–Crippen MR) is 247 cm³/mol. The van der Waals surface area contributed by atoms with Crippen LogP contribution < -0.4 is 16.4 Å². The molecule has 1 aliphatic heterocycles. The maximum atomic E-state index is 6.76. The molecule has 0 amide bonds. The zero-order valence-electron chi connectivity index (χ0n) is 35.3. The first-order valence-corrected chi connectivity index (χ1v) is 21.3. The minimum absolute atomic E-state index is 0.0532. The molecule has 2 heteroatoms. The smallest absolute Gasteiger partial charge is 0.242 e. The van der Waals surface area contributed by atoms with Gasteiger partial charge in [-0.2, -0.15) is 0 Å². The minimum atomic E-state index is 0.0532. The summed E-state index contributed by atoms with van der Waals surface area (Å²) >= 11 is 0. The fourth-order valence-electron chi connectivity index (χ4n) is 11.6. The summed E-state index contributed by atoms with van der Waals surface area (Å²) in [5, 5.41) is 2.37. The molecule has 10 rings (SSSR count). The summed E-state index contributed by atoms with van der Waals surface area (Å²) in [5.74, 6) is 0.481. The maximum Gasteiger partial charge on any atom is 0.242 e. The summed E-state index contributed by atoms with van der Waals surface area (Å²) in [5.41, 5.74) is 21.6. The van der Waals surface area contributed by atoms with Gasteiger partial charge < -0.3 is 4.42 Å². The predicted octanol–water partition coefficient (Wildman–Crippen LogP) is 12.5. The highest BCUT2D eigenvalue weighted by Crippen LogP contribution is 2.50. The van der Waals surface area contributed by atoms with Gasteiger partial charge in [0.2, 0.25) is 6.71 Å². The van der Waals surface area contributed by atoms with Gasteiger partial charge in [-0.25, -0.2) is 0 Å². The molecule has 0 radical (unpaired) electrons. The van der Waals surface area contributed by atoms with E-state index in [1.807, 2.05) is 0 Å². The van der Waals surface area contributed by atoms with Crippen molar-refractivity contribution in [1.82, 2.24) is 0 Å². The van der Waals surface area contributed by atoms with E-state index in [9.17, 15) is 0 Å². The maximum absolute atomic E-state index is 6.76. The summed E-state index contributed by atoms with van der Waals surface area (Å²) in [7, 11) is 0. The summed E-state index contributed by atoms with van der Waals surface area (Å²) in [4.78, 5) is 0. The molecule has 0 fully saturated rings. The van der Waals surface area contributed by atoms with Crippen molar-refractivity contribution in [2.45, 2.75) is 90.4 Å². The van der Waals surface area contributed by atoms with Crippen LogP contribution >= 0.6 is 0 Å². The first kappa shape index (κ1) is 36.7. The van der Waals surface area contributed by atoms with Crippen LogP contribution in [0.1, 0.15) is 127 Å². The van der Waals surface area contributed by atoms with Gasteiger partial charge in [0.25, 0.3) is 0 Å². The fraction of sp³-hybridized carbons (Fsp3) is 0.250. The van der Waals surface area contributed by atoms with E-state index in [1.165, 1.54) is 88.4 Å². The molecule has 0 bridgehead atoms. The molecule has 58 heavy (non-hydrogen) atoms. The number of aryl methyl sites for hydroxylation is 2. The standard InChI is InChI=1S/C56H53BO/c1-34-28-35(2)53-46(29-34)36(3)41-27-26-40(52(38-18-11-9-12-19-38)39-20-13-10-14-21-39)30-49(41)57(53)50-32-48-47(55(5,6)33-56(48,7)8)31-45(50)37(4)42-23-17-24-44-43-22-15-16-25-51(43)58-54(42)44/h9-32,36-37,52H,33H2,1-8H3. The number of para-hydroxylation sites is 2. The molecule has 0 spiro atoms. The Bertz CT molecular complexity index is 2840. The minimum Gasteiger partial charge on any atom is -0.456 e. The van der Waals surface area contributed by atoms with Crippen molar-refractivity contribution in [2.24, 2.45) is 0 Å². The second-order valence-electron chi connectivity index (χ2n) is 18.9. The third-order valence-corrected chi connectivity index (χ3v) is 14.0. The first-order chi connectivity index (χ1) is 27.9. The molecule has 2 unspecified atom stereocenters. The second kappa shape index (κ2) is 13.5. The molecular weight excluding hydrogens is 699 g/mol. The molecule has 1 nitrogen and oxygen atoms in total. The van der Waals surface area contributed by atoms with Crippen molar-refractivity contribution in [1.29, 1.82) is 0 Å². The number of hydrogen-bond donors (Lipinski definition) is 0. The average molecular weight is 753 g/mol. The number of hydrogen-bond acceptors (Lipinski definition) is 1. The Kier molecular flexibility index (Phi) is 8.54. The lowest BCUT2D eigenvalue weighted by molar-refractivity contribution is 0.403. The Hall–Kier alpha value is -5.60. The molecule has 0 saturated carbocycles. The third kappa shape index (κ3) is 5.74. The molecule has 1 aromatic heterocycles. The molecule has 8 aromatic rings. The summed E-state index contributed by atoms with van der Waals surface area (Å²) < 4.78 is 6.76. The van der Waals surface area contributed by atoms with Crippen LogP contribution in [0.2, 0.25) is 0 Å². The van der Waals surface area contributed by atoms with E-state index in [0.29, 0.717) is 0 Å². The van der Waals surface area contributed by atoms with Crippen molar-refractivity contribution >= 4 is 45.0 Å². The summed E-state index contributed by atoms with van der Waals surface area (Å²) in [6.45, 7) is 19.4. The zero-order valence-corrected chi connectivity index (χ0v) is 35.3. The van der Waals surface area contributed by atoms with E-state index in [1.54, 1.807) is 0 Å². The van der Waals surface area contributed by atoms with Gasteiger partial charge in [0, 0.05) is 34.1 Å². The Labute approximate surface area is 345 Å². The highest BCUT2D eigenvalue weighted by molar-refractivity contribution is 6.97. The van der Waals surface area contributed by atoms with E-state index in [4.69, 9.17) is 4.42 Å². The van der Waals surface area contributed by atoms with Gasteiger partial charge in [0.05, 0.1) is 0 Å². The van der Waals surface area contributed by atoms with Crippen molar-refractivity contribution in [2.75, 3.05) is 0 Å². The Morgan fingerprint density at radius 2 is 1.22 bits per heavy atom. The lowest BCUT2D eigenvalue weighted by Crippen LogP contribution is -2.59. The van der Waals surface area contributed by atoms with Gasteiger partial charge in [-0.05, 0) is 81.7 Å². The van der Waals surface area contributed by atoms with Gasteiger partial charge in [0.1, 0.15) is 11.2 Å². The third-order valence-electron chi connectivity index (χ3n) is 14.0. The number of benzene rings is 7. The topological polar surface area (TPSA) is 13.1 Å². The molecule has 2 heterocycles. The molecule has 2 atom stereocenters. The van der Waals surface area contributed by atoms with Gasteiger partial charge in [-0.1, -0.05) is 209 Å². The normalized spacial score (nSPS) is 17.1. The van der Waals surface area contributed by atoms with Crippen LogP contribution in [0.5, 0.6) is 0 Å². The van der Waals surface area contributed by atoms with E-state index in [2.05, 4.69) is 201 Å². The summed E-state index contributed by atoms with van der Waals surface area (Å²) in [6, 6.07) is 55.1. The van der Waals surface area contributed by atoms with E-state index >= 15 is 0 Å². The molecule has 2 aliphatic rings. The zero-order chi connectivity index (χ0) is 40.1. The number of fused-ring (bicyclic) bond motifs is 6. The van der Waals surface area contributed by atoms with Crippen LogP contribution in [0.3, 0.4) is 0 Å². The van der Waals surface area contributed by atoms with Gasteiger partial charge in [0.15, 0.2) is 0 Å². The van der Waals surface area contributed by atoms with Crippen LogP contribution in [-0.2, 0) is 10.8 Å². The quantitative estimate of drug-likeness (QED) is 0.122. The van der Waals surface area contributed by atoms with Crippen molar-refractivity contribution < 1.29 is 4.42 Å². The number of furan rings is 1. The van der Waals surface area contributed by atoms with Crippen molar-refractivity contribution in [3.8, 4) is 0 Å². The molecule has 286 valence electrons. The Morgan fingerprint density at radius 1 is 0.586 bits per heavy atom. The van der Waals surface area contributed by atoms with Gasteiger partial charge in [-0.15, -0.1) is 0 Å². The lowest BCUT2D eigenvalue weighted by atomic mass is 9.31. The van der Waals surface area contributed by atoms with Gasteiger partial charge >= 0.3 is 0 Å². The largest absolute Gasteiger partial charge is 0.456 e. The highest BCUT2D eigenvalue weighted by Gasteiger charge is 2.45. The van der Waals surface area contributed by atoms with Crippen LogP contribution in [0, 0.1) is 13.8 Å². The second-order valence-corrected chi connectivity index (χ2v) is 18.9. The Balaban J connectivity index is 1.27. The molecule has 7 aromatic carbocycles. The molecular formula is C56H53BO. The van der Waals surface area contributed by atoms with E-state index < -0.39 is 0 Å². The first-order valence-electron chi connectivity index (χ1n) is 21.3. The fourth-order valence-corrected chi connectivity index (χ4v) is 11.6. The van der Waals surface area contributed by atoms with Crippen molar-refractivity contribution in [3.05, 3.63) is 207 Å². The van der Waals surface area contributed by atoms with Crippen molar-refractivity contribution in [3.63, 3.8) is 0 Å². The van der Waals surface area contributed by atoms with Gasteiger partial charge in [-0.3, -0.25) is 0 Å². The number of rotatable bonds is 6. The van der Waals surface area contributed by atoms with Crippen LogP contribution in [0.4, 0.5) is 0 Å². The molecule has 0 saturated heterocycles. The Morgan fingerprint density at radius 3 is 1.93 bits per heavy atom. The SMILES string of the molecule is Cc1cc(C)c2c(c1)C(C)c1ccc(C(c3ccccc3)c3ccccc3)cc1B2c1cc2c(cc1C(C)c1cccc3c1oc1ccccc13)C(C)(C)CC2(C)C. The van der Waals surface area contributed by atoms with Crippen LogP contribution in [-0.4, -0.2) is 6.71 Å². The highest BCUT2D eigenvalue weighted by atomic mass is 16.3. The van der Waals surface area contributed by atoms with Crippen LogP contribution in [0.15, 0.2) is 150 Å². The van der Waals surface area contributed by atoms with Crippen LogP contribution in [0.25, 0.3) is 21.9 Å². The monoisotopic (exact) mass is 752 g/mol.